The Morgan fingerprint density at radius 3 is 0.826 bits per heavy atom. The molecule has 4 aromatic rings. The number of aryl methyl sites for hydroxylation is 4. The molecule has 5 rings (SSSR count). The first-order valence-corrected chi connectivity index (χ1v) is 19.8. The van der Waals surface area contributed by atoms with Crippen LogP contribution >= 0.6 is 23.0 Å². The molecule has 9 nitrogen and oxygen atoms in total. The van der Waals surface area contributed by atoms with Crippen LogP contribution in [-0.4, -0.2) is 12.2 Å². The topological polar surface area (TPSA) is 92.5 Å². The lowest BCUT2D eigenvalue weighted by molar-refractivity contribution is 0.169. The lowest BCUT2D eigenvalue weighted by Gasteiger charge is -2.34. The second-order valence-corrected chi connectivity index (χ2v) is 17.9. The Bertz CT molecular complexity index is 1590. The quantitative estimate of drug-likeness (QED) is 0.138. The van der Waals surface area contributed by atoms with Gasteiger partial charge in [0, 0.05) is 0 Å². The molecule has 12 heteroatoms. The molecule has 46 heavy (non-hydrogen) atoms. The van der Waals surface area contributed by atoms with E-state index in [4.69, 9.17) is 40.7 Å². The summed E-state index contributed by atoms with van der Waals surface area (Å²) in [6.45, 7) is 15.7. The summed E-state index contributed by atoms with van der Waals surface area (Å²) in [5, 5.41) is 0. The average molecular weight is 682 g/mol. The summed E-state index contributed by atoms with van der Waals surface area (Å²) >= 11 is 0. The molecule has 1 heterocycles. The minimum absolute atomic E-state index is 0.320. The Balaban J connectivity index is 1.84. The summed E-state index contributed by atoms with van der Waals surface area (Å²) in [6, 6.07) is 30.5. The van der Waals surface area contributed by atoms with Crippen molar-refractivity contribution in [2.45, 2.75) is 67.6 Å². The minimum Gasteiger partial charge on any atom is -0.413 e. The van der Waals surface area contributed by atoms with E-state index in [-0.39, 0.29) is 12.2 Å². The highest BCUT2D eigenvalue weighted by molar-refractivity contribution is 7.78. The lowest BCUT2D eigenvalue weighted by Crippen LogP contribution is -2.13. The summed E-state index contributed by atoms with van der Waals surface area (Å²) in [5.41, 5.74) is 4.30. The van der Waals surface area contributed by atoms with Gasteiger partial charge in [0.05, 0.1) is 12.2 Å². The van der Waals surface area contributed by atoms with Crippen molar-refractivity contribution in [3.63, 3.8) is 0 Å². The van der Waals surface area contributed by atoms with E-state index in [1.54, 1.807) is 0 Å². The monoisotopic (exact) mass is 681 g/mol. The third kappa shape index (κ3) is 8.94. The molecule has 0 N–H and O–H groups in total. The molecule has 0 atom stereocenters. The highest BCUT2D eigenvalue weighted by Gasteiger charge is 2.47. The molecule has 4 aromatic carbocycles. The molecule has 0 amide bonds. The largest absolute Gasteiger partial charge is 0.459 e. The van der Waals surface area contributed by atoms with Gasteiger partial charge >= 0.3 is 23.0 Å². The van der Waals surface area contributed by atoms with Crippen LogP contribution in [0.25, 0.3) is 0 Å². The highest BCUT2D eigenvalue weighted by Crippen LogP contribution is 2.79. The van der Waals surface area contributed by atoms with E-state index < -0.39 is 23.0 Å². The van der Waals surface area contributed by atoms with Gasteiger partial charge in [-0.15, -0.1) is 9.03 Å². The predicted molar refractivity (Wildman–Crippen MR) is 188 cm³/mol. The van der Waals surface area contributed by atoms with E-state index in [9.17, 15) is 0 Å². The lowest BCUT2D eigenvalue weighted by atomic mass is 10.2. The van der Waals surface area contributed by atoms with Crippen LogP contribution in [0.2, 0.25) is 0 Å². The number of rotatable bonds is 12. The van der Waals surface area contributed by atoms with Crippen molar-refractivity contribution in [2.75, 3.05) is 0 Å². The molecule has 1 aliphatic rings. The fraction of sp³-hybridized carbons (Fsp3) is 0.294. The van der Waals surface area contributed by atoms with Gasteiger partial charge in [-0.25, -0.2) is 0 Å². The standard InChI is InChI=1S/C34H42N3O6P3/c1-25(2)38-44(39-26(3)4)35-45(40-31-17-9-27(5)10-18-31,41-32-19-11-28(6)12-20-32)37-46(36-44,42-33-21-13-29(7)14-22-33)43-34-23-15-30(8)16-24-34/h9-26H,1-8H3. The molecule has 0 aromatic heterocycles. The summed E-state index contributed by atoms with van der Waals surface area (Å²) in [7, 11) is -11.1. The van der Waals surface area contributed by atoms with Crippen molar-refractivity contribution >= 4 is 23.0 Å². The molecule has 0 saturated carbocycles. The maximum Gasteiger partial charge on any atom is 0.459 e. The molecular weight excluding hydrogens is 639 g/mol. The van der Waals surface area contributed by atoms with Gasteiger partial charge in [0.1, 0.15) is 23.0 Å². The molecule has 0 saturated heterocycles. The zero-order chi connectivity index (χ0) is 33.0. The van der Waals surface area contributed by atoms with Crippen LogP contribution < -0.4 is 18.1 Å². The first-order chi connectivity index (χ1) is 21.8. The van der Waals surface area contributed by atoms with Gasteiger partial charge in [0.15, 0.2) is 0 Å². The van der Waals surface area contributed by atoms with Crippen LogP contribution in [0.15, 0.2) is 111 Å². The summed E-state index contributed by atoms with van der Waals surface area (Å²) < 4.78 is 55.6. The Hall–Kier alpha value is -3.31. The Morgan fingerprint density at radius 2 is 0.587 bits per heavy atom. The van der Waals surface area contributed by atoms with Crippen molar-refractivity contribution in [1.82, 2.24) is 0 Å². The number of hydrogen-bond acceptors (Lipinski definition) is 9. The van der Waals surface area contributed by atoms with Crippen molar-refractivity contribution in [1.29, 1.82) is 0 Å². The SMILES string of the molecule is Cc1ccc(OP2(Oc3ccc(C)cc3)=NP(Oc3ccc(C)cc3)(Oc3ccc(C)cc3)=NP(OC(C)C)(OC(C)C)=N2)cc1. The maximum absolute atomic E-state index is 6.75. The van der Waals surface area contributed by atoms with E-state index in [0.717, 1.165) is 22.3 Å². The maximum atomic E-state index is 6.75. The van der Waals surface area contributed by atoms with Gasteiger partial charge in [-0.3, -0.25) is 0 Å². The second kappa shape index (κ2) is 14.2. The smallest absolute Gasteiger partial charge is 0.413 e. The fourth-order valence-corrected chi connectivity index (χ4v) is 13.7. The average Bonchev–Trinajstić information content (AvgIpc) is 2.97. The van der Waals surface area contributed by atoms with E-state index in [1.807, 2.05) is 152 Å². The van der Waals surface area contributed by atoms with E-state index in [1.165, 1.54) is 0 Å². The van der Waals surface area contributed by atoms with E-state index in [0.29, 0.717) is 23.0 Å². The molecule has 0 fully saturated rings. The van der Waals surface area contributed by atoms with Crippen LogP contribution in [0.4, 0.5) is 0 Å². The molecule has 0 spiro atoms. The van der Waals surface area contributed by atoms with Crippen molar-refractivity contribution in [2.24, 2.45) is 13.5 Å². The highest BCUT2D eigenvalue weighted by atomic mass is 31.3. The summed E-state index contributed by atoms with van der Waals surface area (Å²) in [4.78, 5) is 0. The summed E-state index contributed by atoms with van der Waals surface area (Å²) in [6.07, 6.45) is -0.641. The normalized spacial score (nSPS) is 16.1. The number of nitrogens with zero attached hydrogens (tertiary/aromatic N) is 3. The molecule has 0 unspecified atom stereocenters. The van der Waals surface area contributed by atoms with Gasteiger partial charge in [-0.2, -0.15) is 0 Å². The second-order valence-electron chi connectivity index (χ2n) is 11.7. The van der Waals surface area contributed by atoms with Crippen LogP contribution in [0.1, 0.15) is 49.9 Å². The minimum atomic E-state index is -3.76. The zero-order valence-electron chi connectivity index (χ0n) is 27.5. The molecule has 1 aliphatic heterocycles. The van der Waals surface area contributed by atoms with Crippen molar-refractivity contribution < 1.29 is 27.1 Å². The van der Waals surface area contributed by atoms with Crippen LogP contribution in [0.5, 0.6) is 23.0 Å². The van der Waals surface area contributed by atoms with Gasteiger partial charge in [0.25, 0.3) is 0 Å². The predicted octanol–water partition coefficient (Wildman–Crippen LogP) is 12.2. The molecule has 0 radical (unpaired) electrons. The van der Waals surface area contributed by atoms with E-state index in [2.05, 4.69) is 0 Å². The van der Waals surface area contributed by atoms with Crippen molar-refractivity contribution in [3.05, 3.63) is 119 Å². The van der Waals surface area contributed by atoms with Crippen LogP contribution in [0, 0.1) is 27.7 Å². The third-order valence-corrected chi connectivity index (χ3v) is 15.0. The first kappa shape index (κ1) is 34.0. The number of hydrogen-bond donors (Lipinski definition) is 0. The first-order valence-electron chi connectivity index (χ1n) is 15.2. The molecule has 244 valence electrons. The fourth-order valence-electron chi connectivity index (χ4n) is 4.27. The zero-order valence-corrected chi connectivity index (χ0v) is 30.2. The molecular formula is C34H42N3O6P3. The molecule has 0 bridgehead atoms. The third-order valence-electron chi connectivity index (χ3n) is 6.36. The summed E-state index contributed by atoms with van der Waals surface area (Å²) in [5.74, 6) is 2.04. The Kier molecular flexibility index (Phi) is 10.5. The van der Waals surface area contributed by atoms with E-state index >= 15 is 0 Å². The number of benzene rings is 4. The van der Waals surface area contributed by atoms with Gasteiger partial charge in [-0.05, 0) is 104 Å². The van der Waals surface area contributed by atoms with Crippen molar-refractivity contribution in [3.8, 4) is 23.0 Å². The Morgan fingerprint density at radius 1 is 0.370 bits per heavy atom. The van der Waals surface area contributed by atoms with Crippen LogP contribution in [0.3, 0.4) is 0 Å². The van der Waals surface area contributed by atoms with Crippen LogP contribution in [-0.2, 0) is 9.05 Å². The van der Waals surface area contributed by atoms with Gasteiger partial charge in [-0.1, -0.05) is 75.3 Å². The van der Waals surface area contributed by atoms with Gasteiger partial charge in [0.2, 0.25) is 0 Å². The van der Waals surface area contributed by atoms with Gasteiger partial charge < -0.3 is 27.1 Å². The Labute approximate surface area is 273 Å². The molecule has 0 aliphatic carbocycles.